The maximum atomic E-state index is 11.7. The van der Waals surface area contributed by atoms with Crippen molar-refractivity contribution in [3.63, 3.8) is 0 Å². The average Bonchev–Trinajstić information content (AvgIpc) is 2.30. The highest BCUT2D eigenvalue weighted by Gasteiger charge is 2.53. The predicted octanol–water partition coefficient (Wildman–Crippen LogP) is 1.99. The molecule has 1 saturated heterocycles. The van der Waals surface area contributed by atoms with Gasteiger partial charge >= 0.3 is 6.09 Å². The molecule has 1 spiro atoms. The fraction of sp³-hybridized carbons (Fsp3) is 0.429. The zero-order valence-electron chi connectivity index (χ0n) is 10.1. The normalized spacial score (nSPS) is 20.2. The molecule has 4 heteroatoms. The lowest BCUT2D eigenvalue weighted by molar-refractivity contribution is -0.143. The van der Waals surface area contributed by atoms with Crippen LogP contribution in [0.25, 0.3) is 0 Å². The minimum atomic E-state index is -0.274. The molecule has 0 aromatic heterocycles. The van der Waals surface area contributed by atoms with Crippen molar-refractivity contribution < 1.29 is 14.3 Å². The van der Waals surface area contributed by atoms with Gasteiger partial charge < -0.3 is 9.64 Å². The van der Waals surface area contributed by atoms with Crippen LogP contribution in [0.4, 0.5) is 4.79 Å². The molecule has 18 heavy (non-hydrogen) atoms. The number of Topliss-reactive ketones (excluding diaryl/α,β-unsaturated/α-hetero) is 1. The van der Waals surface area contributed by atoms with E-state index in [4.69, 9.17) is 4.74 Å². The Hall–Kier alpha value is -1.84. The summed E-state index contributed by atoms with van der Waals surface area (Å²) >= 11 is 0. The Morgan fingerprint density at radius 1 is 1.22 bits per heavy atom. The lowest BCUT2D eigenvalue weighted by atomic mass is 9.63. The molecule has 1 aliphatic carbocycles. The third-order valence-corrected chi connectivity index (χ3v) is 3.66. The zero-order chi connectivity index (χ0) is 12.6. The van der Waals surface area contributed by atoms with Gasteiger partial charge in [0.15, 0.2) is 0 Å². The smallest absolute Gasteiger partial charge is 0.410 e. The molecule has 2 aliphatic rings. The van der Waals surface area contributed by atoms with Crippen LogP contribution in [0.2, 0.25) is 0 Å². The highest BCUT2D eigenvalue weighted by molar-refractivity contribution is 5.87. The number of hydrogen-bond acceptors (Lipinski definition) is 3. The van der Waals surface area contributed by atoms with Gasteiger partial charge in [-0.1, -0.05) is 30.3 Å². The fourth-order valence-electron chi connectivity index (χ4n) is 2.71. The summed E-state index contributed by atoms with van der Waals surface area (Å²) in [4.78, 5) is 24.4. The molecule has 1 aliphatic heterocycles. The summed E-state index contributed by atoms with van der Waals surface area (Å²) in [7, 11) is 0. The molecule has 2 fully saturated rings. The van der Waals surface area contributed by atoms with E-state index in [9.17, 15) is 9.59 Å². The number of nitrogens with zero attached hydrogens (tertiary/aromatic N) is 1. The van der Waals surface area contributed by atoms with Crippen LogP contribution < -0.4 is 0 Å². The largest absolute Gasteiger partial charge is 0.445 e. The Morgan fingerprint density at radius 2 is 1.89 bits per heavy atom. The van der Waals surface area contributed by atoms with Crippen LogP contribution in [0, 0.1) is 5.41 Å². The highest BCUT2D eigenvalue weighted by Crippen LogP contribution is 2.45. The standard InChI is InChI=1S/C14H15NO3/c16-12-6-14(7-12)9-15(10-14)13(17)18-8-11-4-2-1-3-5-11/h1-5H,6-10H2. The summed E-state index contributed by atoms with van der Waals surface area (Å²) < 4.78 is 5.22. The zero-order valence-corrected chi connectivity index (χ0v) is 10.1. The Balaban J connectivity index is 1.45. The molecule has 1 saturated carbocycles. The molecular formula is C14H15NO3. The van der Waals surface area contributed by atoms with Crippen molar-refractivity contribution in [2.24, 2.45) is 5.41 Å². The summed E-state index contributed by atoms with van der Waals surface area (Å²) in [6, 6.07) is 9.62. The maximum Gasteiger partial charge on any atom is 0.410 e. The van der Waals surface area contributed by atoms with Crippen LogP contribution in [-0.2, 0) is 16.1 Å². The summed E-state index contributed by atoms with van der Waals surface area (Å²) in [6.07, 6.45) is 0.995. The molecule has 0 N–H and O–H groups in total. The number of carbonyl (C=O) groups excluding carboxylic acids is 2. The first-order valence-electron chi connectivity index (χ1n) is 6.14. The van der Waals surface area contributed by atoms with Gasteiger partial charge in [-0.15, -0.1) is 0 Å². The molecule has 0 radical (unpaired) electrons. The van der Waals surface area contributed by atoms with E-state index in [0.717, 1.165) is 5.56 Å². The van der Waals surface area contributed by atoms with E-state index in [1.54, 1.807) is 4.90 Å². The van der Waals surface area contributed by atoms with Gasteiger partial charge in [0.25, 0.3) is 0 Å². The number of ether oxygens (including phenoxy) is 1. The van der Waals surface area contributed by atoms with Crippen molar-refractivity contribution in [2.75, 3.05) is 13.1 Å². The van der Waals surface area contributed by atoms with Crippen LogP contribution in [0.1, 0.15) is 18.4 Å². The number of rotatable bonds is 2. The van der Waals surface area contributed by atoms with E-state index < -0.39 is 0 Å². The third kappa shape index (κ3) is 1.98. The number of hydrogen-bond donors (Lipinski definition) is 0. The van der Waals surface area contributed by atoms with Gasteiger partial charge in [0.1, 0.15) is 12.4 Å². The molecule has 1 heterocycles. The van der Waals surface area contributed by atoms with Crippen LogP contribution in [0.3, 0.4) is 0 Å². The quantitative estimate of drug-likeness (QED) is 0.800. The molecule has 0 unspecified atom stereocenters. The summed E-state index contributed by atoms with van der Waals surface area (Å²) in [6.45, 7) is 1.65. The van der Waals surface area contributed by atoms with E-state index in [2.05, 4.69) is 0 Å². The number of ketones is 1. The van der Waals surface area contributed by atoms with Gasteiger partial charge in [0.05, 0.1) is 0 Å². The minimum absolute atomic E-state index is 0.100. The van der Waals surface area contributed by atoms with Crippen molar-refractivity contribution in [2.45, 2.75) is 19.4 Å². The number of benzene rings is 1. The predicted molar refractivity (Wildman–Crippen MR) is 64.9 cm³/mol. The van der Waals surface area contributed by atoms with E-state index in [1.165, 1.54) is 0 Å². The number of carbonyl (C=O) groups is 2. The van der Waals surface area contributed by atoms with Crippen molar-refractivity contribution in [3.8, 4) is 0 Å². The summed E-state index contributed by atoms with van der Waals surface area (Å²) in [5.41, 5.74) is 1.09. The monoisotopic (exact) mass is 245 g/mol. The third-order valence-electron chi connectivity index (χ3n) is 3.66. The first-order valence-corrected chi connectivity index (χ1v) is 6.14. The second-order valence-corrected chi connectivity index (χ2v) is 5.29. The van der Waals surface area contributed by atoms with Crippen molar-refractivity contribution in [3.05, 3.63) is 35.9 Å². The minimum Gasteiger partial charge on any atom is -0.445 e. The first kappa shape index (κ1) is 11.3. The van der Waals surface area contributed by atoms with E-state index in [1.807, 2.05) is 30.3 Å². The Bertz CT molecular complexity index is 467. The van der Waals surface area contributed by atoms with Crippen LogP contribution in [-0.4, -0.2) is 29.9 Å². The molecular weight excluding hydrogens is 230 g/mol. The summed E-state index contributed by atoms with van der Waals surface area (Å²) in [5.74, 6) is 0.312. The highest BCUT2D eigenvalue weighted by atomic mass is 16.6. The second kappa shape index (κ2) is 4.12. The fourth-order valence-corrected chi connectivity index (χ4v) is 2.71. The topological polar surface area (TPSA) is 46.6 Å². The molecule has 4 nitrogen and oxygen atoms in total. The lowest BCUT2D eigenvalue weighted by Crippen LogP contribution is -2.64. The van der Waals surface area contributed by atoms with Crippen molar-refractivity contribution in [1.29, 1.82) is 0 Å². The van der Waals surface area contributed by atoms with Gasteiger partial charge in [-0.05, 0) is 5.56 Å². The molecule has 1 aromatic rings. The van der Waals surface area contributed by atoms with E-state index in [0.29, 0.717) is 38.3 Å². The average molecular weight is 245 g/mol. The van der Waals surface area contributed by atoms with Crippen molar-refractivity contribution >= 4 is 11.9 Å². The molecule has 1 amide bonds. The summed E-state index contributed by atoms with van der Waals surface area (Å²) in [5, 5.41) is 0. The number of likely N-dealkylation sites (tertiary alicyclic amines) is 1. The SMILES string of the molecule is O=C1CC2(C1)CN(C(=O)OCc1ccccc1)C2. The maximum absolute atomic E-state index is 11.7. The van der Waals surface area contributed by atoms with Gasteiger partial charge in [0, 0.05) is 31.3 Å². The molecule has 0 bridgehead atoms. The van der Waals surface area contributed by atoms with E-state index >= 15 is 0 Å². The Labute approximate surface area is 106 Å². The van der Waals surface area contributed by atoms with Crippen LogP contribution in [0.15, 0.2) is 30.3 Å². The van der Waals surface area contributed by atoms with Gasteiger partial charge in [-0.3, -0.25) is 4.79 Å². The van der Waals surface area contributed by atoms with Gasteiger partial charge in [-0.25, -0.2) is 4.79 Å². The van der Waals surface area contributed by atoms with Crippen LogP contribution >= 0.6 is 0 Å². The Kier molecular flexibility index (Phi) is 2.58. The lowest BCUT2D eigenvalue weighted by Gasteiger charge is -2.53. The second-order valence-electron chi connectivity index (χ2n) is 5.29. The molecule has 94 valence electrons. The van der Waals surface area contributed by atoms with E-state index in [-0.39, 0.29) is 11.5 Å². The van der Waals surface area contributed by atoms with Crippen molar-refractivity contribution in [1.82, 2.24) is 4.90 Å². The molecule has 3 rings (SSSR count). The molecule has 0 atom stereocenters. The molecule has 1 aromatic carbocycles. The Morgan fingerprint density at radius 3 is 2.50 bits per heavy atom. The number of amides is 1. The van der Waals surface area contributed by atoms with Crippen LogP contribution in [0.5, 0.6) is 0 Å². The first-order chi connectivity index (χ1) is 8.67. The van der Waals surface area contributed by atoms with Gasteiger partial charge in [0.2, 0.25) is 0 Å². The van der Waals surface area contributed by atoms with Gasteiger partial charge in [-0.2, -0.15) is 0 Å².